The summed E-state index contributed by atoms with van der Waals surface area (Å²) in [5, 5.41) is 34.9. The molecule has 4 N–H and O–H groups in total. The second-order valence-electron chi connectivity index (χ2n) is 3.76. The van der Waals surface area contributed by atoms with Gasteiger partial charge in [-0.1, -0.05) is 29.8 Å². The molecule has 0 saturated heterocycles. The van der Waals surface area contributed by atoms with Gasteiger partial charge in [-0.05, 0) is 24.3 Å². The number of carboxylic acid groups (broad SMARTS) is 2. The summed E-state index contributed by atoms with van der Waals surface area (Å²) in [6.45, 7) is 0. The largest absolute Gasteiger partial charge is 0.507 e. The van der Waals surface area contributed by atoms with Crippen LogP contribution in [-0.2, 0) is 0 Å². The van der Waals surface area contributed by atoms with Crippen LogP contribution in [0.15, 0.2) is 42.5 Å². The molecule has 0 aliphatic heterocycles. The Bertz CT molecular complexity index is 668. The monoisotopic (exact) mass is 310 g/mol. The number of phenols is 2. The van der Waals surface area contributed by atoms with E-state index in [1.165, 1.54) is 30.3 Å². The van der Waals surface area contributed by atoms with Crippen molar-refractivity contribution in [3.63, 3.8) is 0 Å². The zero-order valence-corrected chi connectivity index (χ0v) is 11.3. The topological polar surface area (TPSA) is 115 Å². The minimum Gasteiger partial charge on any atom is -0.507 e. The summed E-state index contributed by atoms with van der Waals surface area (Å²) in [6.07, 6.45) is 0. The highest BCUT2D eigenvalue weighted by molar-refractivity contribution is 6.32. The highest BCUT2D eigenvalue weighted by atomic mass is 35.5. The molecule has 7 heteroatoms. The van der Waals surface area contributed by atoms with E-state index in [9.17, 15) is 9.59 Å². The van der Waals surface area contributed by atoms with Gasteiger partial charge in [0.25, 0.3) is 0 Å². The van der Waals surface area contributed by atoms with E-state index in [1.54, 1.807) is 12.1 Å². The van der Waals surface area contributed by atoms with Crippen molar-refractivity contribution in [1.29, 1.82) is 0 Å². The molecule has 21 heavy (non-hydrogen) atoms. The lowest BCUT2D eigenvalue weighted by Gasteiger charge is -1.99. The number of aromatic carboxylic acids is 2. The molecular formula is C14H11ClO6. The summed E-state index contributed by atoms with van der Waals surface area (Å²) < 4.78 is 0. The van der Waals surface area contributed by atoms with E-state index in [1.807, 2.05) is 0 Å². The Balaban J connectivity index is 0.000000211. The second kappa shape index (κ2) is 7.16. The van der Waals surface area contributed by atoms with Gasteiger partial charge in [0.05, 0.1) is 5.02 Å². The zero-order valence-electron chi connectivity index (χ0n) is 10.5. The van der Waals surface area contributed by atoms with Crippen LogP contribution in [0.2, 0.25) is 5.02 Å². The molecule has 6 nitrogen and oxygen atoms in total. The second-order valence-corrected chi connectivity index (χ2v) is 4.17. The van der Waals surface area contributed by atoms with E-state index in [2.05, 4.69) is 0 Å². The molecule has 0 radical (unpaired) electrons. The van der Waals surface area contributed by atoms with E-state index in [0.29, 0.717) is 0 Å². The molecule has 2 aromatic carbocycles. The predicted molar refractivity (Wildman–Crippen MR) is 75.1 cm³/mol. The molecule has 0 atom stereocenters. The molecule has 0 fully saturated rings. The predicted octanol–water partition coefficient (Wildman–Crippen LogP) is 2.83. The van der Waals surface area contributed by atoms with Crippen LogP contribution in [0.5, 0.6) is 11.5 Å². The molecule has 0 heterocycles. The zero-order chi connectivity index (χ0) is 16.0. The fourth-order valence-electron chi connectivity index (χ4n) is 1.34. The van der Waals surface area contributed by atoms with Crippen LogP contribution in [0, 0.1) is 0 Å². The lowest BCUT2D eigenvalue weighted by Crippen LogP contribution is -1.95. The number of halogens is 1. The fourth-order valence-corrected chi connectivity index (χ4v) is 1.52. The number of carbonyl (C=O) groups is 2. The fraction of sp³-hybridized carbons (Fsp3) is 0. The molecule has 0 amide bonds. The molecule has 0 aliphatic rings. The number of carboxylic acids is 2. The maximum Gasteiger partial charge on any atom is 0.339 e. The average molecular weight is 311 g/mol. The van der Waals surface area contributed by atoms with Crippen LogP contribution in [0.3, 0.4) is 0 Å². The molecule has 110 valence electrons. The number of aromatic hydroxyl groups is 2. The number of rotatable bonds is 2. The Morgan fingerprint density at radius 1 is 0.810 bits per heavy atom. The van der Waals surface area contributed by atoms with Gasteiger partial charge in [-0.25, -0.2) is 9.59 Å². The molecular weight excluding hydrogens is 300 g/mol. The Hall–Kier alpha value is -2.73. The Kier molecular flexibility index (Phi) is 5.57. The van der Waals surface area contributed by atoms with Gasteiger partial charge in [-0.3, -0.25) is 0 Å². The summed E-state index contributed by atoms with van der Waals surface area (Å²) in [5.74, 6) is -2.89. The highest BCUT2D eigenvalue weighted by Crippen LogP contribution is 2.26. The standard InChI is InChI=1S/C7H5ClO3.C7H6O3/c8-5-3-1-2-4(6(5)9)7(10)11;8-6-4-2-1-3-5(6)7(9)10/h1-3,9H,(H,10,11);1-4,8H,(H,9,10). The van der Waals surface area contributed by atoms with Gasteiger partial charge < -0.3 is 20.4 Å². The smallest absolute Gasteiger partial charge is 0.339 e. The van der Waals surface area contributed by atoms with Crippen LogP contribution in [0.25, 0.3) is 0 Å². The normalized spacial score (nSPS) is 9.38. The maximum absolute atomic E-state index is 10.4. The van der Waals surface area contributed by atoms with Gasteiger partial charge in [-0.2, -0.15) is 0 Å². The van der Waals surface area contributed by atoms with Crippen LogP contribution < -0.4 is 0 Å². The molecule has 0 unspecified atom stereocenters. The number of hydrogen-bond donors (Lipinski definition) is 4. The van der Waals surface area contributed by atoms with E-state index >= 15 is 0 Å². The quantitative estimate of drug-likeness (QED) is 0.678. The van der Waals surface area contributed by atoms with Crippen molar-refractivity contribution in [2.75, 3.05) is 0 Å². The summed E-state index contributed by atoms with van der Waals surface area (Å²) in [6, 6.07) is 9.98. The maximum atomic E-state index is 10.4. The van der Waals surface area contributed by atoms with Gasteiger partial charge in [0.2, 0.25) is 0 Å². The summed E-state index contributed by atoms with van der Waals surface area (Å²) in [4.78, 5) is 20.6. The van der Waals surface area contributed by atoms with Crippen LogP contribution in [0.4, 0.5) is 0 Å². The number of benzene rings is 2. The highest BCUT2D eigenvalue weighted by Gasteiger charge is 2.10. The lowest BCUT2D eigenvalue weighted by molar-refractivity contribution is 0.0682. The third kappa shape index (κ3) is 4.39. The minimum atomic E-state index is -1.19. The van der Waals surface area contributed by atoms with Gasteiger partial charge >= 0.3 is 11.9 Å². The van der Waals surface area contributed by atoms with Crippen molar-refractivity contribution in [2.45, 2.75) is 0 Å². The van der Waals surface area contributed by atoms with E-state index < -0.39 is 11.9 Å². The molecule has 0 aromatic heterocycles. The molecule has 2 rings (SSSR count). The van der Waals surface area contributed by atoms with Crippen molar-refractivity contribution in [1.82, 2.24) is 0 Å². The Morgan fingerprint density at radius 2 is 1.33 bits per heavy atom. The first-order valence-corrected chi connectivity index (χ1v) is 5.94. The van der Waals surface area contributed by atoms with E-state index in [-0.39, 0.29) is 27.6 Å². The molecule has 0 aliphatic carbocycles. The number of para-hydroxylation sites is 2. The summed E-state index contributed by atoms with van der Waals surface area (Å²) in [5.41, 5.74) is -0.250. The van der Waals surface area contributed by atoms with Crippen LogP contribution in [-0.4, -0.2) is 32.4 Å². The van der Waals surface area contributed by atoms with E-state index in [4.69, 9.17) is 32.0 Å². The molecule has 2 aromatic rings. The van der Waals surface area contributed by atoms with Crippen molar-refractivity contribution in [2.24, 2.45) is 0 Å². The van der Waals surface area contributed by atoms with Crippen LogP contribution >= 0.6 is 11.6 Å². The average Bonchev–Trinajstić information content (AvgIpc) is 2.42. The Morgan fingerprint density at radius 3 is 1.76 bits per heavy atom. The van der Waals surface area contributed by atoms with Crippen molar-refractivity contribution < 1.29 is 30.0 Å². The molecule has 0 saturated carbocycles. The van der Waals surface area contributed by atoms with Crippen molar-refractivity contribution >= 4 is 23.5 Å². The van der Waals surface area contributed by atoms with Gasteiger partial charge in [0.15, 0.2) is 0 Å². The van der Waals surface area contributed by atoms with Gasteiger partial charge in [-0.15, -0.1) is 0 Å². The van der Waals surface area contributed by atoms with Crippen molar-refractivity contribution in [3.05, 3.63) is 58.6 Å². The molecule has 0 bridgehead atoms. The lowest BCUT2D eigenvalue weighted by atomic mass is 10.2. The first kappa shape index (κ1) is 16.3. The third-order valence-corrected chi connectivity index (χ3v) is 2.66. The number of hydrogen-bond acceptors (Lipinski definition) is 4. The van der Waals surface area contributed by atoms with Crippen LogP contribution in [0.1, 0.15) is 20.7 Å². The molecule has 0 spiro atoms. The summed E-state index contributed by atoms with van der Waals surface area (Å²) in [7, 11) is 0. The van der Waals surface area contributed by atoms with Crippen molar-refractivity contribution in [3.8, 4) is 11.5 Å². The van der Waals surface area contributed by atoms with Gasteiger partial charge in [0, 0.05) is 0 Å². The first-order chi connectivity index (χ1) is 9.84. The summed E-state index contributed by atoms with van der Waals surface area (Å²) >= 11 is 5.44. The first-order valence-electron chi connectivity index (χ1n) is 5.56. The minimum absolute atomic E-state index is 0.0462. The third-order valence-electron chi connectivity index (χ3n) is 2.35. The van der Waals surface area contributed by atoms with Gasteiger partial charge in [0.1, 0.15) is 22.6 Å². The SMILES string of the molecule is O=C(O)c1cccc(Cl)c1O.O=C(O)c1ccccc1O. The van der Waals surface area contributed by atoms with E-state index in [0.717, 1.165) is 0 Å². The Labute approximate surface area is 124 Å².